The number of rotatable bonds is 3. The van der Waals surface area contributed by atoms with Crippen LogP contribution in [0.2, 0.25) is 0 Å². The molecule has 15 aliphatic carbocycles. The normalized spacial score (nSPS) is 40.9. The van der Waals surface area contributed by atoms with Gasteiger partial charge in [0.2, 0.25) is 0 Å². The molecule has 0 aromatic heterocycles. The van der Waals surface area contributed by atoms with Gasteiger partial charge in [-0.2, -0.15) is 0 Å². The van der Waals surface area contributed by atoms with Crippen LogP contribution in [0.1, 0.15) is 340 Å². The first kappa shape index (κ1) is 65.8. The summed E-state index contributed by atoms with van der Waals surface area (Å²) in [5, 5.41) is 0. The Balaban J connectivity index is 0.000000162. The molecule has 15 rings (SSSR count). The number of hydrogen-bond donors (Lipinski definition) is 0. The van der Waals surface area contributed by atoms with Crippen molar-refractivity contribution < 1.29 is 0 Å². The summed E-state index contributed by atoms with van der Waals surface area (Å²) >= 11 is 0. The van der Waals surface area contributed by atoms with Crippen LogP contribution in [-0.2, 0) is 0 Å². The average molecular weight is 1040 g/mol. The highest BCUT2D eigenvalue weighted by Gasteiger charge is 2.52. The standard InChI is InChI=1S/2C12H24.C11H20.C11H22.2C10H18.C9H16/c1-9(2)10-11(3,4)7-8-12(10,5)6;1-7-12(6)8-10(2,3)11(4,5)9-12;1-8-9-4-6-10(7-5-9)11(8,2)3;1-6-9-7-10(2,3)11(4,5)8-9;1-8-7-9-3-5-10(8,2)6-4-9;1-7-8(2)10-5-3-9(7)4-6-10;1-7-6-8-2-4-9(7)5-3-8/h9-10H,7-8H2,1-6H3;7-9H2,1-6H3;8-10H,4-7H2,1-3H3;9H,6-8H2,1-5H3;8-9H,3-7H2,1-2H3;7-10H,3-6H2,1-2H3;7-9H,2-6H2,1H3/t;;8-,9?,10?;;8-,9?,10?;7-,8?,9?,10?;7-,8?,9?/m..1.000/s1. The van der Waals surface area contributed by atoms with Crippen molar-refractivity contribution in [1.29, 1.82) is 0 Å². The minimum absolute atomic E-state index is 0.526. The third-order valence-corrected chi connectivity index (χ3v) is 28.6. The monoisotopic (exact) mass is 1040 g/mol. The summed E-state index contributed by atoms with van der Waals surface area (Å²) in [7, 11) is 0. The zero-order valence-electron chi connectivity index (χ0n) is 56.5. The lowest BCUT2D eigenvalue weighted by molar-refractivity contribution is -0.0319. The van der Waals surface area contributed by atoms with Crippen LogP contribution in [0.25, 0.3) is 0 Å². The topological polar surface area (TPSA) is 0 Å². The van der Waals surface area contributed by atoms with E-state index < -0.39 is 0 Å². The van der Waals surface area contributed by atoms with Gasteiger partial charge in [0, 0.05) is 0 Å². The van der Waals surface area contributed by atoms with E-state index in [1.54, 1.807) is 32.1 Å². The van der Waals surface area contributed by atoms with E-state index >= 15 is 0 Å². The molecule has 8 bridgehead atoms. The van der Waals surface area contributed by atoms with Gasteiger partial charge in [-0.25, -0.2) is 0 Å². The van der Waals surface area contributed by atoms with E-state index in [1.165, 1.54) is 135 Å². The van der Waals surface area contributed by atoms with Gasteiger partial charge in [-0.05, 0) is 279 Å². The van der Waals surface area contributed by atoms with Crippen molar-refractivity contribution >= 4 is 0 Å². The van der Waals surface area contributed by atoms with E-state index in [2.05, 4.69) is 173 Å². The van der Waals surface area contributed by atoms with Gasteiger partial charge in [-0.1, -0.05) is 199 Å². The summed E-state index contributed by atoms with van der Waals surface area (Å²) in [6, 6.07) is 0. The first-order valence-electron chi connectivity index (χ1n) is 34.4. The number of fused-ring (bicyclic) bond motifs is 12. The number of hydrogen-bond acceptors (Lipinski definition) is 0. The summed E-state index contributed by atoms with van der Waals surface area (Å²) in [6.45, 7) is 60.7. The second-order valence-corrected chi connectivity index (χ2v) is 36.3. The second kappa shape index (κ2) is 25.2. The van der Waals surface area contributed by atoms with Crippen molar-refractivity contribution in [1.82, 2.24) is 0 Å². The highest BCUT2D eigenvalue weighted by atomic mass is 14.6. The van der Waals surface area contributed by atoms with Crippen LogP contribution in [-0.4, -0.2) is 0 Å². The Morgan fingerprint density at radius 2 is 0.827 bits per heavy atom. The Bertz CT molecular complexity index is 1600. The molecule has 15 aliphatic rings. The molecule has 0 nitrogen and oxygen atoms in total. The highest BCUT2D eigenvalue weighted by Crippen LogP contribution is 2.62. The Labute approximate surface area is 475 Å². The molecule has 0 spiro atoms. The molecule has 0 amide bonds. The smallest absolute Gasteiger partial charge is 0.0288 e. The van der Waals surface area contributed by atoms with Gasteiger partial charge in [0.15, 0.2) is 0 Å². The SMILES string of the molecule is CC(C)C1C(C)(C)CCC1(C)C.CC1C2CCC(CC2)[C@H]1C.CCC1(C)CC(C)(C)C(C)(C)C1.CCC1CC(C)(C)C(C)(C)C1.C[C@@H]1C2CCC(CC2)C1(C)C.C[C@H]1CC2CCC1(C)CC2.C[C@H]1CC2CCC1CC2. The molecule has 0 heterocycles. The fourth-order valence-corrected chi connectivity index (χ4v) is 21.1. The lowest BCUT2D eigenvalue weighted by Crippen LogP contribution is -2.44. The highest BCUT2D eigenvalue weighted by molar-refractivity contribution is 5.02. The van der Waals surface area contributed by atoms with Crippen LogP contribution in [0.5, 0.6) is 0 Å². The molecule has 15 fully saturated rings. The molecule has 442 valence electrons. The van der Waals surface area contributed by atoms with Crippen LogP contribution in [0.3, 0.4) is 0 Å². The third-order valence-electron chi connectivity index (χ3n) is 28.6. The largest absolute Gasteiger partial charge is 0.0651 e. The maximum Gasteiger partial charge on any atom is -0.0288 e. The van der Waals surface area contributed by atoms with E-state index in [4.69, 9.17) is 0 Å². The molecule has 75 heavy (non-hydrogen) atoms. The minimum atomic E-state index is 0.526. The van der Waals surface area contributed by atoms with E-state index in [0.29, 0.717) is 43.3 Å². The van der Waals surface area contributed by atoms with Crippen molar-refractivity contribution in [2.24, 2.45) is 138 Å². The maximum atomic E-state index is 2.49. The predicted molar refractivity (Wildman–Crippen MR) is 336 cm³/mol. The molecular formula is C75H142. The molecule has 0 aliphatic heterocycles. The molecule has 15 saturated carbocycles. The third kappa shape index (κ3) is 15.8. The summed E-state index contributed by atoms with van der Waals surface area (Å²) in [6.07, 6.45) is 38.7. The lowest BCUT2D eigenvalue weighted by Gasteiger charge is -2.53. The quantitative estimate of drug-likeness (QED) is 0.264. The van der Waals surface area contributed by atoms with Crippen molar-refractivity contribution in [3.8, 4) is 0 Å². The predicted octanol–water partition coefficient (Wildman–Crippen LogP) is 24.8. The van der Waals surface area contributed by atoms with Gasteiger partial charge >= 0.3 is 0 Å². The van der Waals surface area contributed by atoms with Crippen molar-refractivity contribution in [3.63, 3.8) is 0 Å². The summed E-state index contributed by atoms with van der Waals surface area (Å²) < 4.78 is 0. The average Bonchev–Trinajstić information content (AvgIpc) is 3.78. The Morgan fingerprint density at radius 1 is 0.427 bits per heavy atom. The molecule has 0 saturated heterocycles. The van der Waals surface area contributed by atoms with E-state index in [1.807, 2.05) is 0 Å². The molecule has 0 aromatic rings. The van der Waals surface area contributed by atoms with Gasteiger partial charge in [0.25, 0.3) is 0 Å². The second-order valence-electron chi connectivity index (χ2n) is 36.3. The van der Waals surface area contributed by atoms with Crippen LogP contribution < -0.4 is 0 Å². The minimum Gasteiger partial charge on any atom is -0.0651 e. The molecule has 0 aromatic carbocycles. The maximum absolute atomic E-state index is 2.49. The molecule has 0 N–H and O–H groups in total. The first-order valence-corrected chi connectivity index (χ1v) is 34.4. The Kier molecular flexibility index (Phi) is 22.1. The van der Waals surface area contributed by atoms with E-state index in [9.17, 15) is 0 Å². The summed E-state index contributed by atoms with van der Waals surface area (Å²) in [5.41, 5.74) is 5.31. The molecule has 0 radical (unpaired) electrons. The van der Waals surface area contributed by atoms with Gasteiger partial charge < -0.3 is 0 Å². The summed E-state index contributed by atoms with van der Waals surface area (Å²) in [5.74, 6) is 15.5. The fraction of sp³-hybridized carbons (Fsp3) is 1.00. The van der Waals surface area contributed by atoms with Crippen LogP contribution in [0.15, 0.2) is 0 Å². The van der Waals surface area contributed by atoms with E-state index in [0.717, 1.165) is 94.2 Å². The Hall–Kier alpha value is 0. The van der Waals surface area contributed by atoms with Gasteiger partial charge in [0.1, 0.15) is 0 Å². The Morgan fingerprint density at radius 3 is 1.04 bits per heavy atom. The van der Waals surface area contributed by atoms with Gasteiger partial charge in [0.05, 0.1) is 0 Å². The van der Waals surface area contributed by atoms with Crippen LogP contribution >= 0.6 is 0 Å². The molecule has 5 atom stereocenters. The van der Waals surface area contributed by atoms with Crippen LogP contribution in [0, 0.1) is 138 Å². The summed E-state index contributed by atoms with van der Waals surface area (Å²) in [4.78, 5) is 0. The van der Waals surface area contributed by atoms with Gasteiger partial charge in [-0.15, -0.1) is 0 Å². The molecule has 0 heteroatoms. The van der Waals surface area contributed by atoms with E-state index in [-0.39, 0.29) is 0 Å². The van der Waals surface area contributed by atoms with Crippen molar-refractivity contribution in [2.75, 3.05) is 0 Å². The van der Waals surface area contributed by atoms with Crippen LogP contribution in [0.4, 0.5) is 0 Å². The zero-order valence-corrected chi connectivity index (χ0v) is 56.5. The van der Waals surface area contributed by atoms with Crippen molar-refractivity contribution in [2.45, 2.75) is 340 Å². The first-order chi connectivity index (χ1) is 34.4. The molecular weight excluding hydrogens is 901 g/mol. The zero-order chi connectivity index (χ0) is 56.5. The molecule has 1 unspecified atom stereocenters. The lowest BCUT2D eigenvalue weighted by atomic mass is 9.52. The van der Waals surface area contributed by atoms with Crippen molar-refractivity contribution in [3.05, 3.63) is 0 Å². The fourth-order valence-electron chi connectivity index (χ4n) is 21.1. The van der Waals surface area contributed by atoms with Gasteiger partial charge in [-0.3, -0.25) is 0 Å².